The van der Waals surface area contributed by atoms with Gasteiger partial charge in [-0.2, -0.15) is 0 Å². The van der Waals surface area contributed by atoms with Gasteiger partial charge in [0, 0.05) is 6.04 Å². The highest BCUT2D eigenvalue weighted by Crippen LogP contribution is 2.40. The first-order valence-corrected chi connectivity index (χ1v) is 9.59. The third-order valence-electron chi connectivity index (χ3n) is 5.72. The standard InChI is InChI=1S/C17H32FN.C3H4O/c18-13-3-1-2-4-14-5-7-15(8-6-14)16-9-11-17(19)12-10-16;1-2-3-4/h14-17H,1-13,19H2;2-3H,1H2. The molecule has 2 aliphatic carbocycles. The van der Waals surface area contributed by atoms with Crippen molar-refractivity contribution in [2.24, 2.45) is 23.5 Å². The molecular weight excluding hydrogens is 289 g/mol. The molecule has 0 unspecified atom stereocenters. The minimum absolute atomic E-state index is 0.128. The quantitative estimate of drug-likeness (QED) is 0.396. The first-order chi connectivity index (χ1) is 11.2. The van der Waals surface area contributed by atoms with Gasteiger partial charge in [0.1, 0.15) is 6.29 Å². The van der Waals surface area contributed by atoms with E-state index in [2.05, 4.69) is 6.58 Å². The van der Waals surface area contributed by atoms with Gasteiger partial charge in [-0.15, -0.1) is 0 Å². The number of alkyl halides is 1. The molecule has 0 spiro atoms. The summed E-state index contributed by atoms with van der Waals surface area (Å²) in [6.45, 7) is 2.98. The van der Waals surface area contributed by atoms with Crippen molar-refractivity contribution in [3.63, 3.8) is 0 Å². The molecule has 2 rings (SSSR count). The van der Waals surface area contributed by atoms with E-state index in [1.807, 2.05) is 0 Å². The average molecular weight is 326 g/mol. The fraction of sp³-hybridized carbons (Fsp3) is 0.850. The summed E-state index contributed by atoms with van der Waals surface area (Å²) in [5.74, 6) is 2.92. The number of hydrogen-bond donors (Lipinski definition) is 1. The highest BCUT2D eigenvalue weighted by molar-refractivity contribution is 5.63. The van der Waals surface area contributed by atoms with E-state index in [1.165, 1.54) is 70.3 Å². The van der Waals surface area contributed by atoms with Gasteiger partial charge in [0.15, 0.2) is 0 Å². The molecule has 0 atom stereocenters. The van der Waals surface area contributed by atoms with Gasteiger partial charge in [-0.05, 0) is 68.8 Å². The lowest BCUT2D eigenvalue weighted by Crippen LogP contribution is -2.31. The molecule has 3 heteroatoms. The number of hydrogen-bond acceptors (Lipinski definition) is 2. The molecule has 0 aromatic carbocycles. The second-order valence-electron chi connectivity index (χ2n) is 7.37. The molecule has 2 nitrogen and oxygen atoms in total. The number of carbonyl (C=O) groups excluding carboxylic acids is 1. The predicted molar refractivity (Wildman–Crippen MR) is 96.1 cm³/mol. The Morgan fingerprint density at radius 2 is 1.43 bits per heavy atom. The molecule has 134 valence electrons. The van der Waals surface area contributed by atoms with Crippen molar-refractivity contribution in [1.29, 1.82) is 0 Å². The lowest BCUT2D eigenvalue weighted by Gasteiger charge is -2.37. The molecule has 0 aromatic rings. The van der Waals surface area contributed by atoms with Crippen LogP contribution in [0.1, 0.15) is 77.0 Å². The molecule has 2 aliphatic rings. The van der Waals surface area contributed by atoms with Crippen molar-refractivity contribution in [2.75, 3.05) is 6.67 Å². The molecule has 0 saturated heterocycles. The van der Waals surface area contributed by atoms with Crippen LogP contribution in [0.25, 0.3) is 0 Å². The van der Waals surface area contributed by atoms with Crippen LogP contribution in [-0.2, 0) is 4.79 Å². The van der Waals surface area contributed by atoms with Crippen LogP contribution in [0.4, 0.5) is 4.39 Å². The summed E-state index contributed by atoms with van der Waals surface area (Å²) >= 11 is 0. The Balaban J connectivity index is 0.000000593. The highest BCUT2D eigenvalue weighted by Gasteiger charge is 2.29. The van der Waals surface area contributed by atoms with Gasteiger partial charge in [-0.3, -0.25) is 9.18 Å². The second kappa shape index (κ2) is 12.7. The Bertz CT molecular complexity index is 299. The van der Waals surface area contributed by atoms with Crippen LogP contribution < -0.4 is 5.73 Å². The maximum absolute atomic E-state index is 12.0. The molecule has 0 aliphatic heterocycles. The summed E-state index contributed by atoms with van der Waals surface area (Å²) in [6.07, 6.45) is 17.4. The smallest absolute Gasteiger partial charge is 0.142 e. The lowest BCUT2D eigenvalue weighted by atomic mass is 9.70. The van der Waals surface area contributed by atoms with Crippen molar-refractivity contribution >= 4 is 6.29 Å². The highest BCUT2D eigenvalue weighted by atomic mass is 19.1. The molecule has 0 heterocycles. The number of nitrogens with two attached hydrogens (primary N) is 1. The average Bonchev–Trinajstić information content (AvgIpc) is 2.60. The fourth-order valence-corrected chi connectivity index (χ4v) is 4.27. The van der Waals surface area contributed by atoms with E-state index in [-0.39, 0.29) is 6.67 Å². The zero-order valence-electron chi connectivity index (χ0n) is 14.7. The Hall–Kier alpha value is -0.700. The van der Waals surface area contributed by atoms with Gasteiger partial charge in [-0.25, -0.2) is 0 Å². The van der Waals surface area contributed by atoms with Crippen molar-refractivity contribution in [3.05, 3.63) is 12.7 Å². The maximum Gasteiger partial charge on any atom is 0.142 e. The minimum atomic E-state index is -0.128. The van der Waals surface area contributed by atoms with E-state index >= 15 is 0 Å². The summed E-state index contributed by atoms with van der Waals surface area (Å²) in [4.78, 5) is 9.06. The summed E-state index contributed by atoms with van der Waals surface area (Å²) in [5.41, 5.74) is 6.00. The van der Waals surface area contributed by atoms with Gasteiger partial charge < -0.3 is 5.73 Å². The molecular formula is C20H36FNO. The molecule has 0 aromatic heterocycles. The van der Waals surface area contributed by atoms with Crippen LogP contribution in [0.15, 0.2) is 12.7 Å². The molecule has 0 radical (unpaired) electrons. The Kier molecular flexibility index (Phi) is 11.2. The van der Waals surface area contributed by atoms with Crippen molar-refractivity contribution < 1.29 is 9.18 Å². The normalized spacial score (nSPS) is 30.9. The van der Waals surface area contributed by atoms with Crippen LogP contribution in [0.2, 0.25) is 0 Å². The summed E-state index contributed by atoms with van der Waals surface area (Å²) in [5, 5.41) is 0. The first kappa shape index (κ1) is 20.3. The van der Waals surface area contributed by atoms with Crippen LogP contribution in [-0.4, -0.2) is 19.0 Å². The molecule has 2 N–H and O–H groups in total. The third-order valence-corrected chi connectivity index (χ3v) is 5.72. The minimum Gasteiger partial charge on any atom is -0.328 e. The topological polar surface area (TPSA) is 43.1 Å². The number of unbranched alkanes of at least 4 members (excludes halogenated alkanes) is 2. The Morgan fingerprint density at radius 3 is 1.91 bits per heavy atom. The predicted octanol–water partition coefficient (Wildman–Crippen LogP) is 5.21. The van der Waals surface area contributed by atoms with Crippen molar-refractivity contribution in [3.8, 4) is 0 Å². The van der Waals surface area contributed by atoms with E-state index in [1.54, 1.807) is 0 Å². The van der Waals surface area contributed by atoms with E-state index in [0.717, 1.165) is 30.6 Å². The van der Waals surface area contributed by atoms with Crippen LogP contribution in [0.5, 0.6) is 0 Å². The first-order valence-electron chi connectivity index (χ1n) is 9.59. The van der Waals surface area contributed by atoms with Crippen LogP contribution in [0.3, 0.4) is 0 Å². The van der Waals surface area contributed by atoms with Gasteiger partial charge in [-0.1, -0.05) is 38.7 Å². The second-order valence-corrected chi connectivity index (χ2v) is 7.37. The van der Waals surface area contributed by atoms with E-state index < -0.39 is 0 Å². The summed E-state index contributed by atoms with van der Waals surface area (Å²) in [7, 11) is 0. The van der Waals surface area contributed by atoms with E-state index in [9.17, 15) is 4.39 Å². The van der Waals surface area contributed by atoms with Crippen LogP contribution >= 0.6 is 0 Å². The molecule has 2 saturated carbocycles. The number of rotatable bonds is 7. The number of carbonyl (C=O) groups is 1. The van der Waals surface area contributed by atoms with Crippen LogP contribution in [0, 0.1) is 17.8 Å². The summed E-state index contributed by atoms with van der Waals surface area (Å²) < 4.78 is 12.0. The van der Waals surface area contributed by atoms with E-state index in [4.69, 9.17) is 10.5 Å². The SMILES string of the molecule is C=CC=O.NC1CCC(C2CCC(CCCCCF)CC2)CC1. The van der Waals surface area contributed by atoms with Gasteiger partial charge >= 0.3 is 0 Å². The van der Waals surface area contributed by atoms with Gasteiger partial charge in [0.25, 0.3) is 0 Å². The number of aldehydes is 1. The van der Waals surface area contributed by atoms with E-state index in [0.29, 0.717) is 12.3 Å². The number of halogens is 1. The largest absolute Gasteiger partial charge is 0.328 e. The van der Waals surface area contributed by atoms with Crippen molar-refractivity contribution in [1.82, 2.24) is 0 Å². The zero-order valence-corrected chi connectivity index (χ0v) is 14.7. The monoisotopic (exact) mass is 325 g/mol. The molecule has 2 fully saturated rings. The Morgan fingerprint density at radius 1 is 0.913 bits per heavy atom. The van der Waals surface area contributed by atoms with Gasteiger partial charge in [0.2, 0.25) is 0 Å². The maximum atomic E-state index is 12.0. The fourth-order valence-electron chi connectivity index (χ4n) is 4.27. The molecule has 23 heavy (non-hydrogen) atoms. The molecule has 0 bridgehead atoms. The number of allylic oxidation sites excluding steroid dienone is 1. The Labute approximate surface area is 142 Å². The summed E-state index contributed by atoms with van der Waals surface area (Å²) in [6, 6.07) is 0.489. The third kappa shape index (κ3) is 8.64. The van der Waals surface area contributed by atoms with Crippen molar-refractivity contribution in [2.45, 2.75) is 83.1 Å². The lowest BCUT2D eigenvalue weighted by molar-refractivity contribution is -0.104. The molecule has 0 amide bonds. The zero-order chi connectivity index (χ0) is 16.9. The van der Waals surface area contributed by atoms with Gasteiger partial charge in [0.05, 0.1) is 6.67 Å².